The molecule has 1 heterocycles. The molecule has 1 saturated heterocycles. The molecule has 1 aliphatic heterocycles. The Morgan fingerprint density at radius 2 is 1.38 bits per heavy atom. The van der Waals surface area contributed by atoms with Crippen LogP contribution in [0.1, 0.15) is 126 Å². The Kier molecular flexibility index (Phi) is 8.95. The van der Waals surface area contributed by atoms with Crippen molar-refractivity contribution in [1.29, 1.82) is 0 Å². The highest BCUT2D eigenvalue weighted by Gasteiger charge is 2.77. The first-order valence-electron chi connectivity index (χ1n) is 13.6. The Bertz CT molecular complexity index is 898. The second kappa shape index (κ2) is 11.3. The van der Waals surface area contributed by atoms with Gasteiger partial charge < -0.3 is 4.74 Å². The smallest absolute Gasteiger partial charge is 0.199 e. The molecule has 0 saturated carbocycles. The summed E-state index contributed by atoms with van der Waals surface area (Å²) in [5.74, 6) is 2.34. The van der Waals surface area contributed by atoms with Gasteiger partial charge in [-0.25, -0.2) is 0 Å². The van der Waals surface area contributed by atoms with Crippen LogP contribution in [0, 0.1) is 17.8 Å². The summed E-state index contributed by atoms with van der Waals surface area (Å²) < 4.78 is 5.91. The van der Waals surface area contributed by atoms with Crippen molar-refractivity contribution in [1.82, 2.24) is 0 Å². The van der Waals surface area contributed by atoms with E-state index in [9.17, 15) is 9.59 Å². The number of rotatable bonds is 14. The van der Waals surface area contributed by atoms with E-state index in [4.69, 9.17) is 4.74 Å². The van der Waals surface area contributed by atoms with E-state index in [1.807, 2.05) is 12.1 Å². The number of epoxide rings is 1. The SMILES string of the molecule is CC(=CCC12OC1(C)C(=O)c1ccccc1C2=O)CCCC(C)CCCC(C)CCCC(C)C. The summed E-state index contributed by atoms with van der Waals surface area (Å²) in [5.41, 5.74) is 0.297. The Morgan fingerprint density at radius 1 is 0.853 bits per heavy atom. The molecule has 34 heavy (non-hydrogen) atoms. The predicted molar refractivity (Wildman–Crippen MR) is 140 cm³/mol. The fourth-order valence-corrected chi connectivity index (χ4v) is 5.63. The topological polar surface area (TPSA) is 46.7 Å². The fourth-order valence-electron chi connectivity index (χ4n) is 5.63. The molecule has 0 aromatic heterocycles. The largest absolute Gasteiger partial charge is 0.345 e. The number of ketones is 2. The molecule has 1 aromatic carbocycles. The van der Waals surface area contributed by atoms with E-state index < -0.39 is 11.2 Å². The molecule has 4 atom stereocenters. The number of allylic oxidation sites excluding steroid dienone is 1. The Hall–Kier alpha value is -1.74. The van der Waals surface area contributed by atoms with E-state index in [0.717, 1.165) is 24.2 Å². The summed E-state index contributed by atoms with van der Waals surface area (Å²) in [4.78, 5) is 26.1. The highest BCUT2D eigenvalue weighted by Crippen LogP contribution is 2.57. The van der Waals surface area contributed by atoms with Crippen LogP contribution in [0.15, 0.2) is 35.9 Å². The third-order valence-corrected chi connectivity index (χ3v) is 8.20. The first kappa shape index (κ1) is 26.9. The van der Waals surface area contributed by atoms with Crippen molar-refractivity contribution in [2.75, 3.05) is 0 Å². The van der Waals surface area contributed by atoms with Crippen molar-refractivity contribution < 1.29 is 14.3 Å². The minimum Gasteiger partial charge on any atom is -0.345 e. The summed E-state index contributed by atoms with van der Waals surface area (Å²) >= 11 is 0. The average Bonchev–Trinajstić information content (AvgIpc) is 3.43. The second-order valence-electron chi connectivity index (χ2n) is 11.8. The van der Waals surface area contributed by atoms with Gasteiger partial charge in [-0.2, -0.15) is 0 Å². The number of Topliss-reactive ketones (excluding diaryl/α,β-unsaturated/α-hetero) is 2. The molecular weight excluding hydrogens is 420 g/mol. The number of hydrogen-bond donors (Lipinski definition) is 0. The maximum Gasteiger partial charge on any atom is 0.199 e. The lowest BCUT2D eigenvalue weighted by molar-refractivity contribution is 0.0847. The Balaban J connectivity index is 1.39. The normalized spacial score (nSPS) is 25.8. The van der Waals surface area contributed by atoms with Gasteiger partial charge in [0.25, 0.3) is 0 Å². The highest BCUT2D eigenvalue weighted by atomic mass is 16.6. The van der Waals surface area contributed by atoms with E-state index in [2.05, 4.69) is 40.7 Å². The van der Waals surface area contributed by atoms with Crippen molar-refractivity contribution in [3.05, 3.63) is 47.0 Å². The van der Waals surface area contributed by atoms with Gasteiger partial charge in [-0.15, -0.1) is 0 Å². The van der Waals surface area contributed by atoms with Gasteiger partial charge in [0.2, 0.25) is 0 Å². The lowest BCUT2D eigenvalue weighted by Crippen LogP contribution is -2.43. The van der Waals surface area contributed by atoms with E-state index in [1.165, 1.54) is 56.9 Å². The zero-order valence-corrected chi connectivity index (χ0v) is 22.4. The van der Waals surface area contributed by atoms with Crippen LogP contribution in [0.4, 0.5) is 0 Å². The van der Waals surface area contributed by atoms with Crippen molar-refractivity contribution in [2.24, 2.45) is 17.8 Å². The summed E-state index contributed by atoms with van der Waals surface area (Å²) in [5, 5.41) is 0. The van der Waals surface area contributed by atoms with Crippen LogP contribution in [-0.2, 0) is 4.74 Å². The van der Waals surface area contributed by atoms with E-state index in [1.54, 1.807) is 19.1 Å². The number of ether oxygens (including phenoxy) is 1. The van der Waals surface area contributed by atoms with Gasteiger partial charge in [0.1, 0.15) is 0 Å². The first-order valence-corrected chi connectivity index (χ1v) is 13.6. The maximum atomic E-state index is 13.2. The summed E-state index contributed by atoms with van der Waals surface area (Å²) in [7, 11) is 0. The van der Waals surface area contributed by atoms with Crippen molar-refractivity contribution in [2.45, 2.75) is 117 Å². The molecule has 1 aromatic rings. The van der Waals surface area contributed by atoms with Gasteiger partial charge in [-0.1, -0.05) is 109 Å². The van der Waals surface area contributed by atoms with Crippen LogP contribution >= 0.6 is 0 Å². The maximum absolute atomic E-state index is 13.2. The minimum atomic E-state index is -1.00. The molecule has 0 radical (unpaired) electrons. The predicted octanol–water partition coefficient (Wildman–Crippen LogP) is 8.37. The average molecular weight is 467 g/mol. The number of benzene rings is 1. The van der Waals surface area contributed by atoms with E-state index in [0.29, 0.717) is 17.5 Å². The van der Waals surface area contributed by atoms with Crippen molar-refractivity contribution in [3.63, 3.8) is 0 Å². The van der Waals surface area contributed by atoms with Gasteiger partial charge in [0.05, 0.1) is 0 Å². The standard InChI is InChI=1S/C31H46O3/c1-22(2)12-9-13-23(3)14-10-15-24(4)16-11-17-25(5)20-21-31-29(33)27-19-8-7-18-26(27)28(32)30(31,6)34-31/h7-8,18-20,22-24H,9-17,21H2,1-6H3. The molecule has 0 bridgehead atoms. The van der Waals surface area contributed by atoms with Gasteiger partial charge in [-0.05, 0) is 44.4 Å². The van der Waals surface area contributed by atoms with Gasteiger partial charge in [0.15, 0.2) is 22.8 Å². The zero-order valence-electron chi connectivity index (χ0n) is 22.4. The van der Waals surface area contributed by atoms with Crippen LogP contribution in [-0.4, -0.2) is 22.8 Å². The molecule has 1 aliphatic carbocycles. The van der Waals surface area contributed by atoms with E-state index in [-0.39, 0.29) is 11.6 Å². The third kappa shape index (κ3) is 5.90. The van der Waals surface area contributed by atoms with Crippen LogP contribution in [0.25, 0.3) is 0 Å². The summed E-state index contributed by atoms with van der Waals surface area (Å²) in [6.07, 6.45) is 14.2. The minimum absolute atomic E-state index is 0.0405. The summed E-state index contributed by atoms with van der Waals surface area (Å²) in [6.45, 7) is 13.3. The number of carbonyl (C=O) groups excluding carboxylic acids is 2. The van der Waals surface area contributed by atoms with Crippen LogP contribution in [0.3, 0.4) is 0 Å². The molecule has 0 spiro atoms. The summed E-state index contributed by atoms with van der Waals surface area (Å²) in [6, 6.07) is 7.12. The van der Waals surface area contributed by atoms with Gasteiger partial charge in [-0.3, -0.25) is 9.59 Å². The molecule has 2 aliphatic rings. The van der Waals surface area contributed by atoms with Gasteiger partial charge >= 0.3 is 0 Å². The van der Waals surface area contributed by atoms with Crippen LogP contribution in [0.5, 0.6) is 0 Å². The van der Waals surface area contributed by atoms with Crippen LogP contribution < -0.4 is 0 Å². The number of carbonyl (C=O) groups is 2. The Morgan fingerprint density at radius 3 is 1.97 bits per heavy atom. The molecule has 3 heteroatoms. The quantitative estimate of drug-likeness (QED) is 0.204. The first-order chi connectivity index (χ1) is 16.1. The van der Waals surface area contributed by atoms with E-state index >= 15 is 0 Å². The van der Waals surface area contributed by atoms with Crippen molar-refractivity contribution in [3.8, 4) is 0 Å². The highest BCUT2D eigenvalue weighted by molar-refractivity contribution is 6.25. The molecule has 3 nitrogen and oxygen atoms in total. The van der Waals surface area contributed by atoms with Gasteiger partial charge in [0, 0.05) is 17.5 Å². The monoisotopic (exact) mass is 466 g/mol. The molecule has 4 unspecified atom stereocenters. The molecule has 3 rings (SSSR count). The lowest BCUT2D eigenvalue weighted by Gasteiger charge is -2.22. The molecular formula is C31H46O3. The fraction of sp³-hybridized carbons (Fsp3) is 0.677. The second-order valence-corrected chi connectivity index (χ2v) is 11.8. The number of fused-ring (bicyclic) bond motifs is 2. The zero-order chi connectivity index (χ0) is 24.9. The molecule has 0 N–H and O–H groups in total. The number of hydrogen-bond acceptors (Lipinski definition) is 3. The molecule has 0 amide bonds. The van der Waals surface area contributed by atoms with Crippen molar-refractivity contribution >= 4 is 11.6 Å². The lowest BCUT2D eigenvalue weighted by atomic mass is 9.73. The molecule has 1 fully saturated rings. The molecule has 188 valence electrons. The Labute approximate surface area is 207 Å². The van der Waals surface area contributed by atoms with Crippen LogP contribution in [0.2, 0.25) is 0 Å². The third-order valence-electron chi connectivity index (χ3n) is 8.20.